The van der Waals surface area contributed by atoms with Crippen molar-refractivity contribution >= 4 is 17.6 Å². The number of nitrogens with one attached hydrogen (secondary N) is 1. The fourth-order valence-corrected chi connectivity index (χ4v) is 1.95. The first-order valence-electron chi connectivity index (χ1n) is 6.31. The highest BCUT2D eigenvalue weighted by atomic mass is 16.5. The van der Waals surface area contributed by atoms with Crippen molar-refractivity contribution in [2.45, 2.75) is 25.7 Å². The minimum Gasteiger partial charge on any atom is -0.494 e. The molecular weight excluding hydrogens is 246 g/mol. The van der Waals surface area contributed by atoms with Gasteiger partial charge in [-0.3, -0.25) is 9.59 Å². The van der Waals surface area contributed by atoms with E-state index in [4.69, 9.17) is 4.74 Å². The summed E-state index contributed by atoms with van der Waals surface area (Å²) in [6.07, 6.45) is 2.25. The van der Waals surface area contributed by atoms with Crippen molar-refractivity contribution in [3.05, 3.63) is 23.8 Å². The molecule has 1 amide bonds. The van der Waals surface area contributed by atoms with Gasteiger partial charge in [0, 0.05) is 24.6 Å². The minimum absolute atomic E-state index is 0.0374. The van der Waals surface area contributed by atoms with Crippen molar-refractivity contribution < 1.29 is 19.1 Å². The molecule has 1 aliphatic heterocycles. The van der Waals surface area contributed by atoms with Gasteiger partial charge in [0.1, 0.15) is 5.75 Å². The fourth-order valence-electron chi connectivity index (χ4n) is 1.95. The van der Waals surface area contributed by atoms with Gasteiger partial charge in [0.2, 0.25) is 5.91 Å². The van der Waals surface area contributed by atoms with E-state index in [0.717, 1.165) is 17.7 Å². The minimum atomic E-state index is -0.235. The number of hydrogen-bond donors (Lipinski definition) is 1. The average Bonchev–Trinajstić information content (AvgIpc) is 2.42. The number of amides is 1. The van der Waals surface area contributed by atoms with Gasteiger partial charge in [-0.25, -0.2) is 0 Å². The molecule has 0 bridgehead atoms. The molecule has 0 saturated heterocycles. The molecule has 1 heterocycles. The van der Waals surface area contributed by atoms with Crippen LogP contribution in [0.25, 0.3) is 0 Å². The summed E-state index contributed by atoms with van der Waals surface area (Å²) in [7, 11) is 1.37. The quantitative estimate of drug-likeness (QED) is 0.651. The Kier molecular flexibility index (Phi) is 4.39. The van der Waals surface area contributed by atoms with E-state index in [1.165, 1.54) is 7.11 Å². The van der Waals surface area contributed by atoms with Crippen LogP contribution in [-0.4, -0.2) is 25.6 Å². The Morgan fingerprint density at radius 2 is 2.21 bits per heavy atom. The lowest BCUT2D eigenvalue weighted by molar-refractivity contribution is -0.140. The molecule has 102 valence electrons. The van der Waals surface area contributed by atoms with Gasteiger partial charge in [-0.1, -0.05) is 6.07 Å². The molecule has 5 heteroatoms. The average molecular weight is 263 g/mol. The normalized spacial score (nSPS) is 13.4. The summed E-state index contributed by atoms with van der Waals surface area (Å²) in [6, 6.07) is 5.67. The maximum atomic E-state index is 11.3. The molecule has 1 aromatic rings. The second-order valence-electron chi connectivity index (χ2n) is 4.40. The van der Waals surface area contributed by atoms with Gasteiger partial charge < -0.3 is 14.8 Å². The first kappa shape index (κ1) is 13.4. The van der Waals surface area contributed by atoms with E-state index in [1.807, 2.05) is 18.2 Å². The summed E-state index contributed by atoms with van der Waals surface area (Å²) in [5.41, 5.74) is 1.95. The van der Waals surface area contributed by atoms with Crippen molar-refractivity contribution in [1.82, 2.24) is 0 Å². The standard InChI is InChI=1S/C14H17NO4/c1-18-14(17)3-2-8-19-11-6-4-10-5-7-13(16)15-12(10)9-11/h4,6,9H,2-3,5,7-8H2,1H3,(H,15,16). The number of anilines is 1. The van der Waals surface area contributed by atoms with Gasteiger partial charge in [0.15, 0.2) is 0 Å². The summed E-state index contributed by atoms with van der Waals surface area (Å²) < 4.78 is 10.1. The zero-order valence-corrected chi connectivity index (χ0v) is 10.9. The van der Waals surface area contributed by atoms with Gasteiger partial charge >= 0.3 is 5.97 Å². The highest BCUT2D eigenvalue weighted by Crippen LogP contribution is 2.27. The number of esters is 1. The summed E-state index contributed by atoms with van der Waals surface area (Å²) in [6.45, 7) is 0.446. The van der Waals surface area contributed by atoms with Gasteiger partial charge in [0.25, 0.3) is 0 Å². The summed E-state index contributed by atoms with van der Waals surface area (Å²) in [4.78, 5) is 22.2. The zero-order chi connectivity index (χ0) is 13.7. The second-order valence-corrected chi connectivity index (χ2v) is 4.40. The van der Waals surface area contributed by atoms with Crippen molar-refractivity contribution in [2.75, 3.05) is 19.0 Å². The van der Waals surface area contributed by atoms with Crippen molar-refractivity contribution in [3.8, 4) is 5.75 Å². The van der Waals surface area contributed by atoms with Gasteiger partial charge in [-0.05, 0) is 24.5 Å². The maximum absolute atomic E-state index is 11.3. The molecule has 1 aromatic carbocycles. The second kappa shape index (κ2) is 6.22. The molecule has 1 aliphatic rings. The molecular formula is C14H17NO4. The van der Waals surface area contributed by atoms with E-state index < -0.39 is 0 Å². The molecule has 1 N–H and O–H groups in total. The number of carbonyl (C=O) groups is 2. The summed E-state index contributed by atoms with van der Waals surface area (Å²) in [5.74, 6) is 0.502. The van der Waals surface area contributed by atoms with Crippen molar-refractivity contribution in [3.63, 3.8) is 0 Å². The third-order valence-corrected chi connectivity index (χ3v) is 3.00. The number of fused-ring (bicyclic) bond motifs is 1. The molecule has 0 spiro atoms. The van der Waals surface area contributed by atoms with Crippen molar-refractivity contribution in [1.29, 1.82) is 0 Å². The Morgan fingerprint density at radius 1 is 1.37 bits per heavy atom. The Bertz CT molecular complexity index is 484. The smallest absolute Gasteiger partial charge is 0.305 e. The van der Waals surface area contributed by atoms with Gasteiger partial charge in [0.05, 0.1) is 13.7 Å². The number of aryl methyl sites for hydroxylation is 1. The molecule has 5 nitrogen and oxygen atoms in total. The predicted molar refractivity (Wildman–Crippen MR) is 70.1 cm³/mol. The Hall–Kier alpha value is -2.04. The number of rotatable bonds is 5. The van der Waals surface area contributed by atoms with Crippen LogP contribution in [0.1, 0.15) is 24.8 Å². The lowest BCUT2D eigenvalue weighted by Gasteiger charge is -2.17. The number of benzene rings is 1. The number of ether oxygens (including phenoxy) is 2. The number of methoxy groups -OCH3 is 1. The van der Waals surface area contributed by atoms with E-state index in [1.54, 1.807) is 0 Å². The Labute approximate surface area is 111 Å². The van der Waals surface area contributed by atoms with Crippen LogP contribution >= 0.6 is 0 Å². The first-order chi connectivity index (χ1) is 9.19. The zero-order valence-electron chi connectivity index (χ0n) is 10.9. The van der Waals surface area contributed by atoms with E-state index >= 15 is 0 Å². The Balaban J connectivity index is 1.86. The molecule has 0 saturated carbocycles. The topological polar surface area (TPSA) is 64.6 Å². The lowest BCUT2D eigenvalue weighted by atomic mass is 10.0. The van der Waals surface area contributed by atoms with Crippen LogP contribution in [0.3, 0.4) is 0 Å². The Morgan fingerprint density at radius 3 is 3.00 bits per heavy atom. The van der Waals surface area contributed by atoms with Crippen LogP contribution < -0.4 is 10.1 Å². The van der Waals surface area contributed by atoms with E-state index in [9.17, 15) is 9.59 Å². The molecule has 19 heavy (non-hydrogen) atoms. The van der Waals surface area contributed by atoms with Crippen LogP contribution in [-0.2, 0) is 20.7 Å². The molecule has 0 unspecified atom stereocenters. The van der Waals surface area contributed by atoms with Crippen LogP contribution in [0, 0.1) is 0 Å². The lowest BCUT2D eigenvalue weighted by Crippen LogP contribution is -2.18. The highest BCUT2D eigenvalue weighted by molar-refractivity contribution is 5.94. The largest absolute Gasteiger partial charge is 0.494 e. The first-order valence-corrected chi connectivity index (χ1v) is 6.31. The highest BCUT2D eigenvalue weighted by Gasteiger charge is 2.14. The molecule has 0 fully saturated rings. The SMILES string of the molecule is COC(=O)CCCOc1ccc2c(c1)NC(=O)CC2. The van der Waals surface area contributed by atoms with Gasteiger partial charge in [-0.15, -0.1) is 0 Å². The van der Waals surface area contributed by atoms with Gasteiger partial charge in [-0.2, -0.15) is 0 Å². The monoisotopic (exact) mass is 263 g/mol. The molecule has 2 rings (SSSR count). The van der Waals surface area contributed by atoms with Crippen LogP contribution in [0.5, 0.6) is 5.75 Å². The van der Waals surface area contributed by atoms with E-state index in [0.29, 0.717) is 31.6 Å². The summed E-state index contributed by atoms with van der Waals surface area (Å²) >= 11 is 0. The molecule has 0 atom stereocenters. The van der Waals surface area contributed by atoms with Crippen LogP contribution in [0.15, 0.2) is 18.2 Å². The summed E-state index contributed by atoms with van der Waals surface area (Å²) in [5, 5.41) is 2.82. The van der Waals surface area contributed by atoms with Crippen LogP contribution in [0.2, 0.25) is 0 Å². The number of hydrogen-bond acceptors (Lipinski definition) is 4. The molecule has 0 aliphatic carbocycles. The number of carbonyl (C=O) groups excluding carboxylic acids is 2. The molecule has 0 radical (unpaired) electrons. The van der Waals surface area contributed by atoms with E-state index in [2.05, 4.69) is 10.1 Å². The van der Waals surface area contributed by atoms with E-state index in [-0.39, 0.29) is 11.9 Å². The predicted octanol–water partition coefficient (Wildman–Crippen LogP) is 1.90. The molecule has 0 aromatic heterocycles. The fraction of sp³-hybridized carbons (Fsp3) is 0.429. The third-order valence-electron chi connectivity index (χ3n) is 3.00. The van der Waals surface area contributed by atoms with Crippen molar-refractivity contribution in [2.24, 2.45) is 0 Å². The maximum Gasteiger partial charge on any atom is 0.305 e. The third kappa shape index (κ3) is 3.71. The van der Waals surface area contributed by atoms with Crippen LogP contribution in [0.4, 0.5) is 5.69 Å².